The van der Waals surface area contributed by atoms with E-state index in [1.807, 2.05) is 12.1 Å². The lowest BCUT2D eigenvalue weighted by molar-refractivity contribution is -0.108. The monoisotopic (exact) mass is 562 g/mol. The van der Waals surface area contributed by atoms with Gasteiger partial charge in [-0.3, -0.25) is 19.1 Å². The highest BCUT2D eigenvalue weighted by Gasteiger charge is 2.35. The van der Waals surface area contributed by atoms with Gasteiger partial charge in [-0.15, -0.1) is 11.8 Å². The molecule has 3 aromatic carbocycles. The number of benzene rings is 3. The summed E-state index contributed by atoms with van der Waals surface area (Å²) in [6.45, 7) is 0.120. The molecule has 0 bridgehead atoms. The third-order valence-electron chi connectivity index (χ3n) is 6.45. The normalized spacial score (nSPS) is 15.5. The van der Waals surface area contributed by atoms with Gasteiger partial charge in [-0.1, -0.05) is 42.5 Å². The molecule has 39 heavy (non-hydrogen) atoms. The fourth-order valence-electron chi connectivity index (χ4n) is 4.62. The maximum atomic E-state index is 13.5. The Labute approximate surface area is 228 Å². The molecular weight excluding hydrogens is 540 g/mol. The molecule has 0 saturated carbocycles. The van der Waals surface area contributed by atoms with Crippen LogP contribution in [-0.4, -0.2) is 31.9 Å². The smallest absolute Gasteiger partial charge is 0.339 e. The van der Waals surface area contributed by atoms with E-state index in [0.29, 0.717) is 39.9 Å². The van der Waals surface area contributed by atoms with Gasteiger partial charge in [-0.25, -0.2) is 0 Å². The minimum Gasteiger partial charge on any atom is -0.454 e. The van der Waals surface area contributed by atoms with Crippen LogP contribution in [0, 0.1) is 0 Å². The zero-order valence-corrected chi connectivity index (χ0v) is 22.1. The SMILES string of the molecule is O=CN(c1ccccc1)[C@H]1CSc2c(OS(=O)(=O)c3ccccc3)c(Cc3ccc4c(c3)OCO4)cc(=O)n21. The Balaban J connectivity index is 1.46. The summed E-state index contributed by atoms with van der Waals surface area (Å²) < 4.78 is 44.7. The zero-order chi connectivity index (χ0) is 27.0. The van der Waals surface area contributed by atoms with Crippen LogP contribution in [0.25, 0.3) is 0 Å². The van der Waals surface area contributed by atoms with Crippen molar-refractivity contribution in [3.8, 4) is 17.2 Å². The summed E-state index contributed by atoms with van der Waals surface area (Å²) in [5.74, 6) is 1.58. The first-order valence-corrected chi connectivity index (χ1v) is 14.4. The van der Waals surface area contributed by atoms with E-state index >= 15 is 0 Å². The van der Waals surface area contributed by atoms with E-state index in [1.165, 1.54) is 39.4 Å². The third-order valence-corrected chi connectivity index (χ3v) is 8.81. The molecule has 0 aliphatic carbocycles. The molecule has 9 nitrogen and oxygen atoms in total. The summed E-state index contributed by atoms with van der Waals surface area (Å²) in [5.41, 5.74) is 1.42. The van der Waals surface area contributed by atoms with E-state index in [2.05, 4.69) is 0 Å². The van der Waals surface area contributed by atoms with Crippen LogP contribution < -0.4 is 24.1 Å². The first-order chi connectivity index (χ1) is 18.9. The number of rotatable bonds is 8. The van der Waals surface area contributed by atoms with Crippen LogP contribution in [0.5, 0.6) is 17.2 Å². The third kappa shape index (κ3) is 4.75. The quantitative estimate of drug-likeness (QED) is 0.233. The number of hydrogen-bond acceptors (Lipinski definition) is 8. The Morgan fingerprint density at radius 1 is 0.974 bits per heavy atom. The second-order valence-electron chi connectivity index (χ2n) is 8.87. The largest absolute Gasteiger partial charge is 0.454 e. The van der Waals surface area contributed by atoms with Crippen molar-refractivity contribution in [2.75, 3.05) is 17.4 Å². The van der Waals surface area contributed by atoms with Crippen LogP contribution in [0.15, 0.2) is 99.6 Å². The number of hydrogen-bond donors (Lipinski definition) is 0. The summed E-state index contributed by atoms with van der Waals surface area (Å²) >= 11 is 1.26. The molecule has 6 rings (SSSR count). The molecule has 0 saturated heterocycles. The van der Waals surface area contributed by atoms with Gasteiger partial charge in [0.05, 0.1) is 0 Å². The van der Waals surface area contributed by atoms with Crippen LogP contribution in [0.2, 0.25) is 0 Å². The van der Waals surface area contributed by atoms with Crippen LogP contribution >= 0.6 is 11.8 Å². The highest BCUT2D eigenvalue weighted by atomic mass is 32.2. The number of pyridine rings is 1. The van der Waals surface area contributed by atoms with Crippen LogP contribution in [0.3, 0.4) is 0 Å². The minimum absolute atomic E-state index is 0.0117. The standard InChI is InChI=1S/C28H22N2O7S2/c31-17-29(21-7-3-1-4-8-21)25-16-38-28-27(37-39(33,34)22-9-5-2-6-10-22)20(15-26(32)30(25)28)13-19-11-12-23-24(14-19)36-18-35-23/h1-12,14-15,17,25H,13,16,18H2/t25-/m1/s1. The van der Waals surface area contributed by atoms with E-state index in [4.69, 9.17) is 13.7 Å². The molecule has 2 aliphatic rings. The Bertz CT molecular complexity index is 1710. The lowest BCUT2D eigenvalue weighted by Gasteiger charge is -2.26. The van der Waals surface area contributed by atoms with Gasteiger partial charge in [0.15, 0.2) is 17.2 Å². The van der Waals surface area contributed by atoms with E-state index < -0.39 is 16.3 Å². The highest BCUT2D eigenvalue weighted by molar-refractivity contribution is 7.99. The van der Waals surface area contributed by atoms with Crippen LogP contribution in [0.4, 0.5) is 5.69 Å². The number of thioether (sulfide) groups is 1. The molecule has 0 radical (unpaired) electrons. The zero-order valence-electron chi connectivity index (χ0n) is 20.4. The van der Waals surface area contributed by atoms with Crippen LogP contribution in [-0.2, 0) is 21.3 Å². The molecule has 198 valence electrons. The molecule has 0 spiro atoms. The molecule has 11 heteroatoms. The summed E-state index contributed by atoms with van der Waals surface area (Å²) in [5, 5.41) is 0.338. The summed E-state index contributed by atoms with van der Waals surface area (Å²) in [4.78, 5) is 27.1. The Morgan fingerprint density at radius 2 is 1.69 bits per heavy atom. The molecule has 1 amide bonds. The molecule has 1 atom stereocenters. The number of para-hydroxylation sites is 1. The van der Waals surface area contributed by atoms with Gasteiger partial charge in [0, 0.05) is 29.5 Å². The van der Waals surface area contributed by atoms with Gasteiger partial charge in [-0.2, -0.15) is 8.42 Å². The Hall–Kier alpha value is -4.22. The number of carbonyl (C=O) groups excluding carboxylic acids is 1. The van der Waals surface area contributed by atoms with Crippen molar-refractivity contribution < 1.29 is 26.9 Å². The number of anilines is 1. The topological polar surface area (TPSA) is 104 Å². The Morgan fingerprint density at radius 3 is 2.44 bits per heavy atom. The van der Waals surface area contributed by atoms with Gasteiger partial charge in [0.1, 0.15) is 16.1 Å². The van der Waals surface area contributed by atoms with Crippen LogP contribution in [0.1, 0.15) is 17.3 Å². The van der Waals surface area contributed by atoms with E-state index in [9.17, 15) is 18.0 Å². The summed E-state index contributed by atoms with van der Waals surface area (Å²) in [6, 6.07) is 23.6. The van der Waals surface area contributed by atoms with E-state index in [0.717, 1.165) is 5.56 Å². The number of ether oxygens (including phenoxy) is 2. The summed E-state index contributed by atoms with van der Waals surface area (Å²) in [6.07, 6.45) is 0.212. The van der Waals surface area contributed by atoms with Crippen molar-refractivity contribution in [3.05, 3.63) is 106 Å². The fourth-order valence-corrected chi connectivity index (χ4v) is 6.94. The maximum absolute atomic E-state index is 13.5. The van der Waals surface area contributed by atoms with Gasteiger partial charge < -0.3 is 13.7 Å². The number of fused-ring (bicyclic) bond motifs is 2. The summed E-state index contributed by atoms with van der Waals surface area (Å²) in [7, 11) is -4.22. The molecule has 1 aromatic heterocycles. The second kappa shape index (κ2) is 10.2. The molecule has 0 fully saturated rings. The van der Waals surface area contributed by atoms with Gasteiger partial charge in [-0.05, 0) is 42.0 Å². The van der Waals surface area contributed by atoms with Gasteiger partial charge >= 0.3 is 10.1 Å². The molecule has 3 heterocycles. The van der Waals surface area contributed by atoms with Crippen molar-refractivity contribution in [2.24, 2.45) is 0 Å². The van der Waals surface area contributed by atoms with Crippen molar-refractivity contribution in [2.45, 2.75) is 22.5 Å². The van der Waals surface area contributed by atoms with Crippen molar-refractivity contribution >= 4 is 34.0 Å². The lowest BCUT2D eigenvalue weighted by atomic mass is 10.0. The highest BCUT2D eigenvalue weighted by Crippen LogP contribution is 2.44. The predicted molar refractivity (Wildman–Crippen MR) is 145 cm³/mol. The maximum Gasteiger partial charge on any atom is 0.339 e. The predicted octanol–water partition coefficient (Wildman–Crippen LogP) is 4.20. The second-order valence-corrected chi connectivity index (χ2v) is 11.4. The minimum atomic E-state index is -4.22. The van der Waals surface area contributed by atoms with E-state index in [1.54, 1.807) is 54.6 Å². The van der Waals surface area contributed by atoms with Crippen molar-refractivity contribution in [3.63, 3.8) is 0 Å². The first-order valence-electron chi connectivity index (χ1n) is 12.0. The lowest BCUT2D eigenvalue weighted by Crippen LogP contribution is -2.37. The number of amides is 1. The average Bonchev–Trinajstić information content (AvgIpc) is 3.60. The first kappa shape index (κ1) is 25.1. The molecule has 0 unspecified atom stereocenters. The van der Waals surface area contributed by atoms with Crippen molar-refractivity contribution in [1.82, 2.24) is 4.57 Å². The van der Waals surface area contributed by atoms with Gasteiger partial charge in [0.2, 0.25) is 13.2 Å². The van der Waals surface area contributed by atoms with Gasteiger partial charge in [0.25, 0.3) is 5.56 Å². The fraction of sp³-hybridized carbons (Fsp3) is 0.143. The molecule has 4 aromatic rings. The van der Waals surface area contributed by atoms with Crippen molar-refractivity contribution in [1.29, 1.82) is 0 Å². The Kier molecular flexibility index (Phi) is 6.53. The molecule has 2 aliphatic heterocycles. The molecular formula is C28H22N2O7S2. The number of nitrogens with zero attached hydrogens (tertiary/aromatic N) is 2. The number of carbonyl (C=O) groups is 1. The van der Waals surface area contributed by atoms with E-state index in [-0.39, 0.29) is 29.4 Å². The average molecular weight is 563 g/mol. The molecule has 0 N–H and O–H groups in total. The number of aromatic nitrogens is 1.